The van der Waals surface area contributed by atoms with Gasteiger partial charge in [0.2, 0.25) is 0 Å². The highest BCUT2D eigenvalue weighted by molar-refractivity contribution is 8.00. The van der Waals surface area contributed by atoms with E-state index in [9.17, 15) is 0 Å². The molecule has 0 aliphatic carbocycles. The van der Waals surface area contributed by atoms with E-state index in [-0.39, 0.29) is 10.8 Å². The third-order valence-electron chi connectivity index (χ3n) is 6.42. The number of aryl methyl sites for hydroxylation is 1. The van der Waals surface area contributed by atoms with Gasteiger partial charge in [0.25, 0.3) is 0 Å². The van der Waals surface area contributed by atoms with E-state index in [1.807, 2.05) is 32.1 Å². The summed E-state index contributed by atoms with van der Waals surface area (Å²) in [7, 11) is 0. The van der Waals surface area contributed by atoms with Crippen molar-refractivity contribution < 1.29 is 0 Å². The number of thioether (sulfide) groups is 1. The molecule has 2 rings (SSSR count). The van der Waals surface area contributed by atoms with Crippen molar-refractivity contribution in [2.45, 2.75) is 78.0 Å². The summed E-state index contributed by atoms with van der Waals surface area (Å²) in [6.45, 7) is 27.9. The van der Waals surface area contributed by atoms with Crippen LogP contribution in [0.3, 0.4) is 0 Å². The predicted octanol–water partition coefficient (Wildman–Crippen LogP) is 9.56. The number of allylic oxidation sites excluding steroid dienone is 7. The van der Waals surface area contributed by atoms with Crippen LogP contribution in [0.25, 0.3) is 5.70 Å². The standard InChI is InChI=1S/C36H51N5S/c1-11-17-28(25(4)5)22-30(18-12-2)39-35-32(27(7)37)21-26(6)34(41-35)40-33(42-31-19-15-14-16-20-31)24-38-29(13-3)23-36(8,9)10/h12-16,18-22,33,38H,2,4,7,11,17,23-24,37H2,1,3,5-6,8-10H3,(H2,39,40,41)/b28-22+,29-13-,30-18+. The van der Waals surface area contributed by atoms with Crippen molar-refractivity contribution in [3.8, 4) is 0 Å². The number of nitrogens with one attached hydrogen (secondary N) is 3. The Hall–Kier alpha value is -3.64. The fourth-order valence-corrected chi connectivity index (χ4v) is 5.33. The number of benzene rings is 1. The summed E-state index contributed by atoms with van der Waals surface area (Å²) in [6, 6.07) is 12.5. The Morgan fingerprint density at radius 1 is 1.14 bits per heavy atom. The van der Waals surface area contributed by atoms with Crippen LogP contribution in [-0.2, 0) is 0 Å². The van der Waals surface area contributed by atoms with Crippen LogP contribution in [0.15, 0.2) is 108 Å². The maximum absolute atomic E-state index is 6.25. The van der Waals surface area contributed by atoms with Crippen molar-refractivity contribution in [2.75, 3.05) is 17.2 Å². The van der Waals surface area contributed by atoms with E-state index in [1.165, 1.54) is 16.2 Å². The zero-order valence-electron chi connectivity index (χ0n) is 26.7. The highest BCUT2D eigenvalue weighted by Gasteiger charge is 2.18. The first-order chi connectivity index (χ1) is 19.9. The Morgan fingerprint density at radius 2 is 1.83 bits per heavy atom. The summed E-state index contributed by atoms with van der Waals surface area (Å²) in [4.78, 5) is 6.24. The van der Waals surface area contributed by atoms with Crippen molar-refractivity contribution >= 4 is 29.1 Å². The van der Waals surface area contributed by atoms with Gasteiger partial charge in [-0.05, 0) is 80.5 Å². The molecule has 0 radical (unpaired) electrons. The van der Waals surface area contributed by atoms with Gasteiger partial charge < -0.3 is 21.7 Å². The lowest BCUT2D eigenvalue weighted by atomic mass is 9.90. The van der Waals surface area contributed by atoms with E-state index in [4.69, 9.17) is 10.7 Å². The molecule has 1 heterocycles. The molecule has 5 N–H and O–H groups in total. The van der Waals surface area contributed by atoms with E-state index < -0.39 is 0 Å². The van der Waals surface area contributed by atoms with Crippen LogP contribution in [0.1, 0.15) is 71.9 Å². The topological polar surface area (TPSA) is 75.0 Å². The molecule has 1 atom stereocenters. The SMILES string of the molecule is C=C/C=C(\C=C(/CCC)C(=C)C)Nc1nc(NC(CN/C(=C\C)CC(C)(C)C)Sc2ccccc2)c(C)cc1C(=C)N. The van der Waals surface area contributed by atoms with Crippen molar-refractivity contribution in [3.05, 3.63) is 114 Å². The Balaban J connectivity index is 2.48. The van der Waals surface area contributed by atoms with Gasteiger partial charge in [-0.15, -0.1) is 0 Å². The van der Waals surface area contributed by atoms with E-state index in [2.05, 4.69) is 107 Å². The fourth-order valence-electron chi connectivity index (χ4n) is 4.35. The molecule has 0 bridgehead atoms. The molecule has 0 saturated carbocycles. The molecule has 226 valence electrons. The second-order valence-electron chi connectivity index (χ2n) is 11.8. The monoisotopic (exact) mass is 585 g/mol. The summed E-state index contributed by atoms with van der Waals surface area (Å²) in [6.07, 6.45) is 10.9. The highest BCUT2D eigenvalue weighted by atomic mass is 32.2. The van der Waals surface area contributed by atoms with Crippen LogP contribution in [0.2, 0.25) is 0 Å². The first-order valence-corrected chi connectivity index (χ1v) is 15.5. The smallest absolute Gasteiger partial charge is 0.142 e. The number of hydrogen-bond donors (Lipinski definition) is 4. The third kappa shape index (κ3) is 11.7. The number of nitrogens with zero attached hydrogens (tertiary/aromatic N) is 1. The van der Waals surface area contributed by atoms with Crippen molar-refractivity contribution in [1.29, 1.82) is 0 Å². The molecule has 6 heteroatoms. The van der Waals surface area contributed by atoms with Crippen LogP contribution in [-0.4, -0.2) is 16.9 Å². The lowest BCUT2D eigenvalue weighted by molar-refractivity contribution is 0.398. The number of nitrogens with two attached hydrogens (primary N) is 1. The molecule has 0 amide bonds. The van der Waals surface area contributed by atoms with Gasteiger partial charge >= 0.3 is 0 Å². The highest BCUT2D eigenvalue weighted by Crippen LogP contribution is 2.30. The molecule has 5 nitrogen and oxygen atoms in total. The van der Waals surface area contributed by atoms with Crippen LogP contribution >= 0.6 is 11.8 Å². The Labute approximate surface area is 259 Å². The molecular formula is C36H51N5S. The minimum Gasteiger partial charge on any atom is -0.399 e. The Bertz CT molecular complexity index is 1310. The molecule has 1 unspecified atom stereocenters. The fraction of sp³-hybridized carbons (Fsp3) is 0.361. The molecule has 1 aromatic carbocycles. The molecule has 0 saturated heterocycles. The summed E-state index contributed by atoms with van der Waals surface area (Å²) >= 11 is 1.77. The number of hydrogen-bond acceptors (Lipinski definition) is 6. The lowest BCUT2D eigenvalue weighted by Crippen LogP contribution is -2.32. The average Bonchev–Trinajstić information content (AvgIpc) is 2.92. The number of aromatic nitrogens is 1. The normalized spacial score (nSPS) is 13.4. The van der Waals surface area contributed by atoms with Crippen LogP contribution in [0.4, 0.5) is 11.6 Å². The number of rotatable bonds is 16. The third-order valence-corrected chi connectivity index (χ3v) is 7.53. The second kappa shape index (κ2) is 16.7. The predicted molar refractivity (Wildman–Crippen MR) is 187 cm³/mol. The van der Waals surface area contributed by atoms with Gasteiger partial charge in [0, 0.05) is 34.1 Å². The van der Waals surface area contributed by atoms with Crippen LogP contribution < -0.4 is 21.7 Å². The van der Waals surface area contributed by atoms with E-state index in [0.717, 1.165) is 47.5 Å². The van der Waals surface area contributed by atoms with Gasteiger partial charge in [-0.25, -0.2) is 4.98 Å². The zero-order chi connectivity index (χ0) is 31.3. The van der Waals surface area contributed by atoms with Gasteiger partial charge in [0.1, 0.15) is 11.6 Å². The van der Waals surface area contributed by atoms with Gasteiger partial charge in [0.15, 0.2) is 0 Å². The molecule has 42 heavy (non-hydrogen) atoms. The summed E-state index contributed by atoms with van der Waals surface area (Å²) in [5.41, 5.74) is 12.9. The summed E-state index contributed by atoms with van der Waals surface area (Å²) in [5, 5.41) is 10.9. The molecule has 2 aromatic rings. The number of pyridine rings is 1. The van der Waals surface area contributed by atoms with Gasteiger partial charge in [-0.2, -0.15) is 0 Å². The average molecular weight is 586 g/mol. The first-order valence-electron chi connectivity index (χ1n) is 14.7. The molecule has 1 aromatic heterocycles. The van der Waals surface area contributed by atoms with Crippen molar-refractivity contribution in [1.82, 2.24) is 10.3 Å². The number of anilines is 2. The minimum absolute atomic E-state index is 0.0101. The van der Waals surface area contributed by atoms with Gasteiger partial charge in [0.05, 0.1) is 5.37 Å². The molecule has 0 fully saturated rings. The Kier molecular flexibility index (Phi) is 13.8. The van der Waals surface area contributed by atoms with Crippen LogP contribution in [0.5, 0.6) is 0 Å². The first kappa shape index (κ1) is 34.6. The van der Waals surface area contributed by atoms with Crippen LogP contribution in [0, 0.1) is 12.3 Å². The van der Waals surface area contributed by atoms with E-state index >= 15 is 0 Å². The molecule has 0 aliphatic rings. The quantitative estimate of drug-likeness (QED) is 0.0893. The Morgan fingerprint density at radius 3 is 2.38 bits per heavy atom. The van der Waals surface area contributed by atoms with Crippen molar-refractivity contribution in [2.24, 2.45) is 11.1 Å². The molecule has 0 aliphatic heterocycles. The molecule has 0 spiro atoms. The summed E-state index contributed by atoms with van der Waals surface area (Å²) in [5.74, 6) is 1.42. The van der Waals surface area contributed by atoms with Crippen molar-refractivity contribution in [3.63, 3.8) is 0 Å². The zero-order valence-corrected chi connectivity index (χ0v) is 27.5. The lowest BCUT2D eigenvalue weighted by Gasteiger charge is -2.26. The largest absolute Gasteiger partial charge is 0.399 e. The van der Waals surface area contributed by atoms with Gasteiger partial charge in [-0.3, -0.25) is 0 Å². The maximum Gasteiger partial charge on any atom is 0.142 e. The van der Waals surface area contributed by atoms with E-state index in [1.54, 1.807) is 17.8 Å². The molecular weight excluding hydrogens is 534 g/mol. The summed E-state index contributed by atoms with van der Waals surface area (Å²) < 4.78 is 0. The second-order valence-corrected chi connectivity index (χ2v) is 13.0. The minimum atomic E-state index is 0.0101. The maximum atomic E-state index is 6.25. The van der Waals surface area contributed by atoms with E-state index in [0.29, 0.717) is 18.1 Å². The van der Waals surface area contributed by atoms with Gasteiger partial charge in [-0.1, -0.05) is 102 Å².